The Bertz CT molecular complexity index is 1140. The second kappa shape index (κ2) is 8.96. The van der Waals surface area contributed by atoms with Crippen LogP contribution in [-0.4, -0.2) is 56.1 Å². The molecule has 11 heteroatoms. The van der Waals surface area contributed by atoms with Crippen molar-refractivity contribution in [3.05, 3.63) is 59.7 Å². The highest BCUT2D eigenvalue weighted by Crippen LogP contribution is 2.29. The molecular weight excluding hydrogens is 426 g/mol. The molecule has 0 unspecified atom stereocenters. The summed E-state index contributed by atoms with van der Waals surface area (Å²) in [7, 11) is -4.12. The Balaban J connectivity index is 1.43. The van der Waals surface area contributed by atoms with Crippen LogP contribution in [0.1, 0.15) is 15.9 Å². The Morgan fingerprint density at radius 3 is 2.35 bits per heavy atom. The minimum atomic E-state index is -4.12. The maximum Gasteiger partial charge on any atom is 0.327 e. The van der Waals surface area contributed by atoms with E-state index in [0.717, 1.165) is 5.56 Å². The number of hydrogen-bond donors (Lipinski definition) is 2. The van der Waals surface area contributed by atoms with E-state index < -0.39 is 40.3 Å². The third-order valence-corrected chi connectivity index (χ3v) is 6.14. The Labute approximate surface area is 178 Å². The van der Waals surface area contributed by atoms with E-state index in [1.807, 2.05) is 6.92 Å². The molecule has 0 saturated carbocycles. The van der Waals surface area contributed by atoms with Crippen LogP contribution in [0.4, 0.5) is 5.69 Å². The molecule has 0 atom stereocenters. The maximum atomic E-state index is 12.4. The fraction of sp³-hybridized carbons (Fsp3) is 0.200. The summed E-state index contributed by atoms with van der Waals surface area (Å²) in [5, 5.41) is 4.70. The van der Waals surface area contributed by atoms with Gasteiger partial charge in [0.1, 0.15) is 18.0 Å². The zero-order chi connectivity index (χ0) is 22.6. The average Bonchev–Trinajstić information content (AvgIpc) is 2.93. The molecule has 0 aliphatic carbocycles. The van der Waals surface area contributed by atoms with Crippen LogP contribution in [0.15, 0.2) is 53.4 Å². The van der Waals surface area contributed by atoms with Crippen molar-refractivity contribution in [2.24, 2.45) is 0 Å². The monoisotopic (exact) mass is 445 g/mol. The second-order valence-electron chi connectivity index (χ2n) is 6.61. The summed E-state index contributed by atoms with van der Waals surface area (Å²) < 4.78 is 30.1. The second-order valence-corrected chi connectivity index (χ2v) is 8.44. The van der Waals surface area contributed by atoms with Crippen molar-refractivity contribution >= 4 is 39.4 Å². The number of esters is 1. The molecule has 162 valence electrons. The van der Waals surface area contributed by atoms with Crippen LogP contribution >= 0.6 is 0 Å². The fourth-order valence-electron chi connectivity index (χ4n) is 2.78. The molecule has 0 aromatic heterocycles. The number of anilines is 1. The molecule has 3 rings (SSSR count). The first-order chi connectivity index (χ1) is 14.7. The number of ether oxygens (including phenoxy) is 1. The van der Waals surface area contributed by atoms with Gasteiger partial charge in [-0.2, -0.15) is 0 Å². The van der Waals surface area contributed by atoms with Crippen molar-refractivity contribution in [3.63, 3.8) is 0 Å². The number of nitrogens with one attached hydrogen (secondary N) is 2. The summed E-state index contributed by atoms with van der Waals surface area (Å²) in [5.41, 5.74) is 1.44. The van der Waals surface area contributed by atoms with Gasteiger partial charge in [-0.05, 0) is 31.2 Å². The SMILES string of the molecule is Cc1ccc(NC(=O)C(=O)NCCOC(=O)CN2C(=O)c3ccccc3S2(=O)=O)cc1. The molecule has 0 radical (unpaired) electrons. The van der Waals surface area contributed by atoms with Crippen LogP contribution in [-0.2, 0) is 29.1 Å². The molecule has 1 aliphatic rings. The average molecular weight is 445 g/mol. The lowest BCUT2D eigenvalue weighted by Gasteiger charge is -2.14. The van der Waals surface area contributed by atoms with Gasteiger partial charge in [-0.1, -0.05) is 29.8 Å². The van der Waals surface area contributed by atoms with Crippen LogP contribution in [0.5, 0.6) is 0 Å². The fourth-order valence-corrected chi connectivity index (χ4v) is 4.30. The van der Waals surface area contributed by atoms with E-state index in [0.29, 0.717) is 9.99 Å². The molecule has 0 saturated heterocycles. The van der Waals surface area contributed by atoms with Gasteiger partial charge in [0.2, 0.25) is 0 Å². The lowest BCUT2D eigenvalue weighted by atomic mass is 10.2. The van der Waals surface area contributed by atoms with E-state index in [1.165, 1.54) is 24.3 Å². The summed E-state index contributed by atoms with van der Waals surface area (Å²) >= 11 is 0. The summed E-state index contributed by atoms with van der Waals surface area (Å²) in [5.74, 6) is -3.59. The van der Waals surface area contributed by atoms with Crippen molar-refractivity contribution in [3.8, 4) is 0 Å². The van der Waals surface area contributed by atoms with E-state index in [2.05, 4.69) is 10.6 Å². The van der Waals surface area contributed by atoms with Crippen molar-refractivity contribution in [1.82, 2.24) is 9.62 Å². The van der Waals surface area contributed by atoms with Crippen LogP contribution in [0, 0.1) is 6.92 Å². The zero-order valence-electron chi connectivity index (χ0n) is 16.5. The van der Waals surface area contributed by atoms with Crippen molar-refractivity contribution < 1.29 is 32.3 Å². The minimum absolute atomic E-state index is 0.0119. The highest BCUT2D eigenvalue weighted by atomic mass is 32.2. The van der Waals surface area contributed by atoms with Gasteiger partial charge in [-0.25, -0.2) is 12.7 Å². The van der Waals surface area contributed by atoms with Crippen LogP contribution in [0.3, 0.4) is 0 Å². The molecule has 1 heterocycles. The number of sulfonamides is 1. The Morgan fingerprint density at radius 2 is 1.68 bits per heavy atom. The van der Waals surface area contributed by atoms with Crippen molar-refractivity contribution in [1.29, 1.82) is 0 Å². The molecule has 2 N–H and O–H groups in total. The molecule has 1 aliphatic heterocycles. The van der Waals surface area contributed by atoms with Gasteiger partial charge in [-0.15, -0.1) is 0 Å². The highest BCUT2D eigenvalue weighted by Gasteiger charge is 2.42. The van der Waals surface area contributed by atoms with Gasteiger partial charge < -0.3 is 15.4 Å². The van der Waals surface area contributed by atoms with E-state index in [-0.39, 0.29) is 23.6 Å². The van der Waals surface area contributed by atoms with Gasteiger partial charge in [0, 0.05) is 5.69 Å². The van der Waals surface area contributed by atoms with Gasteiger partial charge >= 0.3 is 17.8 Å². The molecule has 0 fully saturated rings. The van der Waals surface area contributed by atoms with E-state index >= 15 is 0 Å². The summed E-state index contributed by atoms with van der Waals surface area (Å²) in [6.45, 7) is 0.607. The Morgan fingerprint density at radius 1 is 1.00 bits per heavy atom. The number of hydrogen-bond acceptors (Lipinski definition) is 7. The number of rotatable bonds is 6. The number of benzene rings is 2. The van der Waals surface area contributed by atoms with E-state index in [1.54, 1.807) is 24.3 Å². The standard InChI is InChI=1S/C20H19N3O7S/c1-13-6-8-14(9-7-13)22-19(26)18(25)21-10-11-30-17(24)12-23-20(27)15-4-2-3-5-16(15)31(23,28)29/h2-9H,10-12H2,1H3,(H,21,25)(H,22,26). The first-order valence-corrected chi connectivity index (χ1v) is 10.6. The zero-order valence-corrected chi connectivity index (χ0v) is 17.3. The number of aryl methyl sites for hydroxylation is 1. The van der Waals surface area contributed by atoms with Gasteiger partial charge in [-0.3, -0.25) is 19.2 Å². The molecule has 10 nitrogen and oxygen atoms in total. The first-order valence-electron chi connectivity index (χ1n) is 9.17. The first kappa shape index (κ1) is 22.0. The highest BCUT2D eigenvalue weighted by molar-refractivity contribution is 7.90. The number of fused-ring (bicyclic) bond motifs is 1. The van der Waals surface area contributed by atoms with Crippen LogP contribution in [0.2, 0.25) is 0 Å². The summed E-state index contributed by atoms with van der Waals surface area (Å²) in [6, 6.07) is 12.5. The summed E-state index contributed by atoms with van der Waals surface area (Å²) in [4.78, 5) is 47.7. The largest absolute Gasteiger partial charge is 0.462 e. The third kappa shape index (κ3) is 4.89. The van der Waals surface area contributed by atoms with Crippen molar-refractivity contribution in [2.75, 3.05) is 25.0 Å². The Hall–Kier alpha value is -3.73. The van der Waals surface area contributed by atoms with Crippen molar-refractivity contribution in [2.45, 2.75) is 11.8 Å². The normalized spacial score (nSPS) is 14.0. The smallest absolute Gasteiger partial charge is 0.327 e. The van der Waals surface area contributed by atoms with Gasteiger partial charge in [0.25, 0.3) is 15.9 Å². The van der Waals surface area contributed by atoms with E-state index in [4.69, 9.17) is 4.74 Å². The minimum Gasteiger partial charge on any atom is -0.462 e. The number of amides is 3. The lowest BCUT2D eigenvalue weighted by molar-refractivity contribution is -0.144. The molecule has 2 aromatic carbocycles. The Kier molecular flexibility index (Phi) is 6.35. The topological polar surface area (TPSA) is 139 Å². The predicted octanol–water partition coefficient (Wildman–Crippen LogP) is 0.438. The van der Waals surface area contributed by atoms with Gasteiger partial charge in [0.15, 0.2) is 0 Å². The number of carbonyl (C=O) groups is 4. The lowest BCUT2D eigenvalue weighted by Crippen LogP contribution is -2.39. The molecule has 2 aromatic rings. The molecule has 0 bridgehead atoms. The predicted molar refractivity (Wildman–Crippen MR) is 108 cm³/mol. The summed E-state index contributed by atoms with van der Waals surface area (Å²) in [6.07, 6.45) is 0. The van der Waals surface area contributed by atoms with E-state index in [9.17, 15) is 27.6 Å². The molecule has 0 spiro atoms. The maximum absolute atomic E-state index is 12.4. The van der Waals surface area contributed by atoms with Gasteiger partial charge in [0.05, 0.1) is 12.1 Å². The molecule has 31 heavy (non-hydrogen) atoms. The number of nitrogens with zero attached hydrogens (tertiary/aromatic N) is 1. The van der Waals surface area contributed by atoms with Crippen LogP contribution < -0.4 is 10.6 Å². The quantitative estimate of drug-likeness (QED) is 0.374. The molecular formula is C20H19N3O7S. The molecule has 3 amide bonds. The number of carbonyl (C=O) groups excluding carboxylic acids is 4. The van der Waals surface area contributed by atoms with Crippen LogP contribution in [0.25, 0.3) is 0 Å². The third-order valence-electron chi connectivity index (χ3n) is 4.35.